The maximum absolute atomic E-state index is 13.0. The number of sulfonamides is 1. The van der Waals surface area contributed by atoms with Gasteiger partial charge >= 0.3 is 0 Å². The molecule has 26 heavy (non-hydrogen) atoms. The van der Waals surface area contributed by atoms with E-state index in [1.807, 2.05) is 6.07 Å². The number of halogens is 2. The van der Waals surface area contributed by atoms with Gasteiger partial charge in [-0.25, -0.2) is 4.21 Å². The monoisotopic (exact) mass is 537 g/mol. The van der Waals surface area contributed by atoms with Crippen LogP contribution in [0.3, 0.4) is 0 Å². The van der Waals surface area contributed by atoms with Crippen LogP contribution < -0.4 is 4.31 Å². The van der Waals surface area contributed by atoms with Crippen LogP contribution in [0.4, 0.5) is 5.69 Å². The molecular weight excluding hydrogens is 530 g/mol. The summed E-state index contributed by atoms with van der Waals surface area (Å²) in [6, 6.07) is 5.34. The molecule has 0 aliphatic carbocycles. The lowest BCUT2D eigenvalue weighted by molar-refractivity contribution is 0.328. The van der Waals surface area contributed by atoms with Crippen molar-refractivity contribution in [2.24, 2.45) is 0 Å². The second-order valence-corrected chi connectivity index (χ2v) is 12.4. The van der Waals surface area contributed by atoms with Gasteiger partial charge in [-0.15, -0.1) is 11.3 Å². The average Bonchev–Trinajstić information content (AvgIpc) is 3.18. The largest absolute Gasteiger partial charge is 0.440 e. The van der Waals surface area contributed by atoms with Crippen molar-refractivity contribution in [2.45, 2.75) is 24.0 Å². The number of benzene rings is 1. The molecule has 2 aliphatic heterocycles. The number of rotatable bonds is 1. The standard InChI is InChI=1S/C15H9Br2NO5S3/c16-13-11-10-4-18(26(20,21)15(10)23-12(11)14(17)24-13)9-2-1-7-5-22-25(19)6-8(7)3-9/h1-3H,4-6H2. The highest BCUT2D eigenvalue weighted by Gasteiger charge is 2.42. The molecule has 1 atom stereocenters. The minimum Gasteiger partial charge on any atom is -0.440 e. The molecule has 2 aliphatic rings. The first-order chi connectivity index (χ1) is 12.4. The Morgan fingerprint density at radius 2 is 2.00 bits per heavy atom. The molecule has 3 aromatic rings. The summed E-state index contributed by atoms with van der Waals surface area (Å²) in [7, 11) is -3.78. The zero-order chi connectivity index (χ0) is 18.2. The molecule has 11 heteroatoms. The van der Waals surface area contributed by atoms with Gasteiger partial charge in [0.1, 0.15) is 3.79 Å². The van der Waals surface area contributed by atoms with Gasteiger partial charge in [0.15, 0.2) is 16.7 Å². The van der Waals surface area contributed by atoms with Crippen LogP contribution in [-0.4, -0.2) is 12.6 Å². The fourth-order valence-corrected chi connectivity index (χ4v) is 8.67. The van der Waals surface area contributed by atoms with E-state index in [4.69, 9.17) is 8.60 Å². The number of hydrogen-bond donors (Lipinski definition) is 0. The third kappa shape index (κ3) is 2.41. The lowest BCUT2D eigenvalue weighted by atomic mass is 10.1. The molecule has 2 aromatic heterocycles. The molecule has 0 N–H and O–H groups in total. The molecule has 0 saturated heterocycles. The fourth-order valence-electron chi connectivity index (χ4n) is 3.22. The van der Waals surface area contributed by atoms with Gasteiger partial charge in [-0.05, 0) is 55.1 Å². The minimum atomic E-state index is -3.78. The summed E-state index contributed by atoms with van der Waals surface area (Å²) < 4.78 is 51.4. The summed E-state index contributed by atoms with van der Waals surface area (Å²) in [6.07, 6.45) is 0. The maximum Gasteiger partial charge on any atom is 0.298 e. The van der Waals surface area contributed by atoms with Gasteiger partial charge < -0.3 is 4.42 Å². The number of thiophene rings is 1. The SMILES string of the molecule is O=S1Cc2cc(N3Cc4c(oc5c(Br)sc(Br)c45)S3(=O)=O)ccc2CO1. The summed E-state index contributed by atoms with van der Waals surface area (Å²) in [5.41, 5.74) is 3.50. The van der Waals surface area contributed by atoms with Crippen molar-refractivity contribution < 1.29 is 21.2 Å². The highest BCUT2D eigenvalue weighted by Crippen LogP contribution is 2.48. The van der Waals surface area contributed by atoms with Gasteiger partial charge in [0, 0.05) is 5.56 Å². The van der Waals surface area contributed by atoms with Crippen molar-refractivity contribution in [1.29, 1.82) is 0 Å². The van der Waals surface area contributed by atoms with E-state index in [1.54, 1.807) is 12.1 Å². The Morgan fingerprint density at radius 3 is 2.81 bits per heavy atom. The molecule has 6 nitrogen and oxygen atoms in total. The molecule has 1 unspecified atom stereocenters. The average molecular weight is 539 g/mol. The van der Waals surface area contributed by atoms with Crippen LogP contribution >= 0.6 is 43.2 Å². The number of furan rings is 1. The highest BCUT2D eigenvalue weighted by molar-refractivity contribution is 9.12. The van der Waals surface area contributed by atoms with E-state index in [2.05, 4.69) is 31.9 Å². The van der Waals surface area contributed by atoms with Gasteiger partial charge in [0.25, 0.3) is 10.0 Å². The Balaban J connectivity index is 1.63. The molecule has 0 amide bonds. The third-order valence-electron chi connectivity index (χ3n) is 4.45. The lowest BCUT2D eigenvalue weighted by Crippen LogP contribution is -2.24. The smallest absolute Gasteiger partial charge is 0.298 e. The van der Waals surface area contributed by atoms with Crippen molar-refractivity contribution in [3.05, 3.63) is 42.5 Å². The Kier molecular flexibility index (Phi) is 3.94. The van der Waals surface area contributed by atoms with Crippen LogP contribution in [0.1, 0.15) is 16.7 Å². The maximum atomic E-state index is 13.0. The molecule has 0 spiro atoms. The van der Waals surface area contributed by atoms with Crippen LogP contribution in [0.15, 0.2) is 35.3 Å². The van der Waals surface area contributed by atoms with Crippen molar-refractivity contribution in [1.82, 2.24) is 0 Å². The van der Waals surface area contributed by atoms with Gasteiger partial charge in [0.2, 0.25) is 5.09 Å². The highest BCUT2D eigenvalue weighted by atomic mass is 79.9. The Labute approximate surface area is 172 Å². The van der Waals surface area contributed by atoms with Crippen LogP contribution in [0, 0.1) is 0 Å². The first-order valence-electron chi connectivity index (χ1n) is 7.41. The Bertz CT molecular complexity index is 1210. The van der Waals surface area contributed by atoms with E-state index in [1.165, 1.54) is 15.6 Å². The minimum absolute atomic E-state index is 0.0127. The second kappa shape index (κ2) is 5.89. The van der Waals surface area contributed by atoms with Gasteiger partial charge in [-0.1, -0.05) is 6.07 Å². The first-order valence-corrected chi connectivity index (χ1v) is 12.5. The summed E-state index contributed by atoms with van der Waals surface area (Å²) >= 11 is 6.97. The zero-order valence-electron chi connectivity index (χ0n) is 12.8. The number of fused-ring (bicyclic) bond motifs is 4. The molecular formula is C15H9Br2NO5S3. The number of nitrogens with zero attached hydrogens (tertiary/aromatic N) is 1. The first kappa shape index (κ1) is 17.4. The van der Waals surface area contributed by atoms with Crippen molar-refractivity contribution >= 4 is 81.0 Å². The zero-order valence-corrected chi connectivity index (χ0v) is 18.4. The summed E-state index contributed by atoms with van der Waals surface area (Å²) in [6.45, 7) is 0.469. The molecule has 0 radical (unpaired) electrons. The summed E-state index contributed by atoms with van der Waals surface area (Å²) in [4.78, 5) is 0. The van der Waals surface area contributed by atoms with E-state index in [0.29, 0.717) is 16.8 Å². The molecule has 136 valence electrons. The van der Waals surface area contributed by atoms with Crippen molar-refractivity contribution in [3.8, 4) is 0 Å². The van der Waals surface area contributed by atoms with Crippen LogP contribution in [0.5, 0.6) is 0 Å². The van der Waals surface area contributed by atoms with Crippen LogP contribution in [-0.2, 0) is 44.2 Å². The predicted molar refractivity (Wildman–Crippen MR) is 106 cm³/mol. The van der Waals surface area contributed by atoms with E-state index in [-0.39, 0.29) is 24.0 Å². The second-order valence-electron chi connectivity index (χ2n) is 5.90. The molecule has 0 fully saturated rings. The Morgan fingerprint density at radius 1 is 1.19 bits per heavy atom. The lowest BCUT2D eigenvalue weighted by Gasteiger charge is -2.21. The van der Waals surface area contributed by atoms with Crippen molar-refractivity contribution in [2.75, 3.05) is 4.31 Å². The van der Waals surface area contributed by atoms with Crippen molar-refractivity contribution in [3.63, 3.8) is 0 Å². The normalized spacial score (nSPS) is 21.2. The molecule has 0 saturated carbocycles. The van der Waals surface area contributed by atoms with Gasteiger partial charge in [-0.3, -0.25) is 8.49 Å². The third-order valence-corrected chi connectivity index (χ3v) is 9.57. The fraction of sp³-hybridized carbons (Fsp3) is 0.200. The van der Waals surface area contributed by atoms with E-state index < -0.39 is 21.1 Å². The quantitative estimate of drug-likeness (QED) is 0.458. The summed E-state index contributed by atoms with van der Waals surface area (Å²) in [5.74, 6) is 0.258. The Hall–Kier alpha value is -0.720. The topological polar surface area (TPSA) is 76.8 Å². The molecule has 0 bridgehead atoms. The van der Waals surface area contributed by atoms with E-state index >= 15 is 0 Å². The van der Waals surface area contributed by atoms with E-state index in [9.17, 15) is 12.6 Å². The van der Waals surface area contributed by atoms with Gasteiger partial charge in [-0.2, -0.15) is 8.42 Å². The van der Waals surface area contributed by atoms with E-state index in [0.717, 1.165) is 24.1 Å². The molecule has 1 aromatic carbocycles. The summed E-state index contributed by atoms with van der Waals surface area (Å²) in [5, 5.41) is 0.775. The predicted octanol–water partition coefficient (Wildman–Crippen LogP) is 4.42. The number of anilines is 1. The molecule has 5 rings (SSSR count). The van der Waals surface area contributed by atoms with Gasteiger partial charge in [0.05, 0.1) is 33.8 Å². The van der Waals surface area contributed by atoms with Crippen LogP contribution in [0.2, 0.25) is 0 Å². The number of hydrogen-bond acceptors (Lipinski definition) is 6. The van der Waals surface area contributed by atoms with Crippen LogP contribution in [0.25, 0.3) is 11.0 Å². The molecule has 4 heterocycles.